The van der Waals surface area contributed by atoms with E-state index in [9.17, 15) is 13.2 Å². The van der Waals surface area contributed by atoms with E-state index < -0.39 is 11.9 Å². The average molecular weight is 379 g/mol. The summed E-state index contributed by atoms with van der Waals surface area (Å²) in [5.74, 6) is 0.538. The quantitative estimate of drug-likeness (QED) is 0.605. The molecular formula is C15H24F3N5OS. The third-order valence-electron chi connectivity index (χ3n) is 4.02. The van der Waals surface area contributed by atoms with Crippen molar-refractivity contribution in [3.63, 3.8) is 0 Å². The van der Waals surface area contributed by atoms with Gasteiger partial charge in [0.25, 0.3) is 0 Å². The Labute approximate surface area is 149 Å². The number of nitrogens with one attached hydrogen (secondary N) is 2. The van der Waals surface area contributed by atoms with Gasteiger partial charge < -0.3 is 15.4 Å². The number of guanidine groups is 1. The first-order valence-corrected chi connectivity index (χ1v) is 8.98. The monoisotopic (exact) mass is 379 g/mol. The van der Waals surface area contributed by atoms with Gasteiger partial charge >= 0.3 is 6.18 Å². The molecule has 2 unspecified atom stereocenters. The van der Waals surface area contributed by atoms with Gasteiger partial charge in [-0.1, -0.05) is 0 Å². The smallest absolute Gasteiger partial charge is 0.379 e. The second-order valence-electron chi connectivity index (χ2n) is 5.94. The van der Waals surface area contributed by atoms with E-state index in [1.807, 2.05) is 0 Å². The van der Waals surface area contributed by atoms with Crippen LogP contribution in [0.5, 0.6) is 0 Å². The molecule has 2 N–H and O–H groups in total. The fourth-order valence-electron chi connectivity index (χ4n) is 2.66. The zero-order chi connectivity index (χ0) is 18.4. The summed E-state index contributed by atoms with van der Waals surface area (Å²) in [6.45, 7) is 7.46. The molecule has 25 heavy (non-hydrogen) atoms. The van der Waals surface area contributed by atoms with Crippen LogP contribution in [0.2, 0.25) is 0 Å². The van der Waals surface area contributed by atoms with Gasteiger partial charge in [0, 0.05) is 37.6 Å². The minimum Gasteiger partial charge on any atom is -0.379 e. The number of hydrogen-bond donors (Lipinski definition) is 2. The molecular weight excluding hydrogens is 355 g/mol. The van der Waals surface area contributed by atoms with Gasteiger partial charge in [0.15, 0.2) is 11.7 Å². The van der Waals surface area contributed by atoms with E-state index in [1.165, 1.54) is 0 Å². The lowest BCUT2D eigenvalue weighted by atomic mass is 10.2. The summed E-state index contributed by atoms with van der Waals surface area (Å²) in [5.41, 5.74) is -0.854. The number of rotatable bonds is 5. The largest absolute Gasteiger partial charge is 0.434 e. The van der Waals surface area contributed by atoms with E-state index in [-0.39, 0.29) is 12.6 Å². The summed E-state index contributed by atoms with van der Waals surface area (Å²) in [6, 6.07) is 0.644. The predicted octanol–water partition coefficient (Wildman–Crippen LogP) is 1.94. The van der Waals surface area contributed by atoms with E-state index in [4.69, 9.17) is 4.74 Å². The third kappa shape index (κ3) is 5.82. The molecule has 0 radical (unpaired) electrons. The topological polar surface area (TPSA) is 61.8 Å². The summed E-state index contributed by atoms with van der Waals surface area (Å²) in [7, 11) is 1.63. The number of ether oxygens (including phenoxy) is 1. The van der Waals surface area contributed by atoms with Crippen LogP contribution in [0, 0.1) is 0 Å². The summed E-state index contributed by atoms with van der Waals surface area (Å²) in [4.78, 5) is 10.1. The van der Waals surface area contributed by atoms with Gasteiger partial charge in [-0.15, -0.1) is 11.3 Å². The molecule has 1 saturated heterocycles. The van der Waals surface area contributed by atoms with Crippen LogP contribution in [0.25, 0.3) is 0 Å². The van der Waals surface area contributed by atoms with Crippen molar-refractivity contribution in [2.24, 2.45) is 4.99 Å². The SMILES string of the molecule is CN=C(NCc1nc(C(F)(F)F)cs1)NCC(C)N1CCOCC1C. The van der Waals surface area contributed by atoms with E-state index in [1.54, 1.807) is 7.05 Å². The maximum absolute atomic E-state index is 12.6. The highest BCUT2D eigenvalue weighted by atomic mass is 32.1. The molecule has 0 saturated carbocycles. The Hall–Kier alpha value is -1.39. The Kier molecular flexibility index (Phi) is 7.03. The number of alkyl halides is 3. The number of hydrogen-bond acceptors (Lipinski definition) is 5. The molecule has 0 aromatic carbocycles. The van der Waals surface area contributed by atoms with Crippen LogP contribution >= 0.6 is 11.3 Å². The number of morpholine rings is 1. The molecule has 10 heteroatoms. The number of nitrogens with zero attached hydrogens (tertiary/aromatic N) is 3. The maximum atomic E-state index is 12.6. The maximum Gasteiger partial charge on any atom is 0.434 e. The minimum atomic E-state index is -4.40. The van der Waals surface area contributed by atoms with Crippen molar-refractivity contribution in [3.8, 4) is 0 Å². The number of thiazole rings is 1. The predicted molar refractivity (Wildman–Crippen MR) is 91.8 cm³/mol. The van der Waals surface area contributed by atoms with Crippen LogP contribution in [0.1, 0.15) is 24.5 Å². The average Bonchev–Trinajstić information content (AvgIpc) is 3.04. The second-order valence-corrected chi connectivity index (χ2v) is 6.88. The first-order chi connectivity index (χ1) is 11.8. The van der Waals surface area contributed by atoms with Crippen molar-refractivity contribution in [2.75, 3.05) is 33.4 Å². The van der Waals surface area contributed by atoms with Crippen molar-refractivity contribution in [3.05, 3.63) is 16.1 Å². The lowest BCUT2D eigenvalue weighted by molar-refractivity contribution is -0.140. The lowest BCUT2D eigenvalue weighted by Crippen LogP contribution is -2.52. The Morgan fingerprint density at radius 1 is 1.52 bits per heavy atom. The Morgan fingerprint density at radius 2 is 2.28 bits per heavy atom. The highest BCUT2D eigenvalue weighted by molar-refractivity contribution is 7.09. The standard InChI is InChI=1S/C15H24F3N5OS/c1-10(23-4-5-24-8-11(23)2)6-20-14(19-3)21-7-13-22-12(9-25-13)15(16,17)18/h9-11H,4-8H2,1-3H3,(H2,19,20,21). The second kappa shape index (κ2) is 8.81. The van der Waals surface area contributed by atoms with E-state index >= 15 is 0 Å². The molecule has 0 spiro atoms. The molecule has 6 nitrogen and oxygen atoms in total. The number of halogens is 3. The molecule has 1 aromatic heterocycles. The Morgan fingerprint density at radius 3 is 2.88 bits per heavy atom. The van der Waals surface area contributed by atoms with Gasteiger partial charge in [-0.05, 0) is 13.8 Å². The normalized spacial score (nSPS) is 21.2. The number of aliphatic imine (C=N–C) groups is 1. The fourth-order valence-corrected chi connectivity index (χ4v) is 3.40. The van der Waals surface area contributed by atoms with Gasteiger partial charge in [0.2, 0.25) is 0 Å². The summed E-state index contributed by atoms with van der Waals surface area (Å²) >= 11 is 0.978. The molecule has 1 fully saturated rings. The summed E-state index contributed by atoms with van der Waals surface area (Å²) in [5, 5.41) is 7.59. The van der Waals surface area contributed by atoms with E-state index in [0.717, 1.165) is 36.5 Å². The first-order valence-electron chi connectivity index (χ1n) is 8.11. The molecule has 142 valence electrons. The van der Waals surface area contributed by atoms with Crippen molar-refractivity contribution in [1.82, 2.24) is 20.5 Å². The van der Waals surface area contributed by atoms with Crippen molar-refractivity contribution >= 4 is 17.3 Å². The number of aromatic nitrogens is 1. The molecule has 0 bridgehead atoms. The van der Waals surface area contributed by atoms with Crippen LogP contribution in [0.15, 0.2) is 10.4 Å². The Bertz CT molecular complexity index is 578. The molecule has 0 amide bonds. The van der Waals surface area contributed by atoms with Gasteiger partial charge in [0.1, 0.15) is 5.01 Å². The van der Waals surface area contributed by atoms with Crippen LogP contribution in [-0.2, 0) is 17.5 Å². The van der Waals surface area contributed by atoms with Gasteiger partial charge in [-0.3, -0.25) is 9.89 Å². The molecule has 2 heterocycles. The lowest BCUT2D eigenvalue weighted by Gasteiger charge is -2.38. The zero-order valence-electron chi connectivity index (χ0n) is 14.6. The summed E-state index contributed by atoms with van der Waals surface area (Å²) in [6.07, 6.45) is -4.40. The van der Waals surface area contributed by atoms with Gasteiger partial charge in [-0.2, -0.15) is 13.2 Å². The van der Waals surface area contributed by atoms with Gasteiger partial charge in [-0.25, -0.2) is 4.98 Å². The summed E-state index contributed by atoms with van der Waals surface area (Å²) < 4.78 is 43.1. The molecule has 1 aromatic rings. The molecule has 0 aliphatic carbocycles. The highest BCUT2D eigenvalue weighted by Crippen LogP contribution is 2.29. The van der Waals surface area contributed by atoms with Crippen LogP contribution in [0.3, 0.4) is 0 Å². The van der Waals surface area contributed by atoms with Crippen LogP contribution < -0.4 is 10.6 Å². The van der Waals surface area contributed by atoms with Crippen molar-refractivity contribution in [2.45, 2.75) is 38.7 Å². The van der Waals surface area contributed by atoms with Crippen LogP contribution in [0.4, 0.5) is 13.2 Å². The molecule has 2 atom stereocenters. The third-order valence-corrected chi connectivity index (χ3v) is 4.87. The molecule has 2 rings (SSSR count). The molecule has 1 aliphatic heterocycles. The van der Waals surface area contributed by atoms with E-state index in [0.29, 0.717) is 23.6 Å². The zero-order valence-corrected chi connectivity index (χ0v) is 15.4. The van der Waals surface area contributed by atoms with Crippen molar-refractivity contribution in [1.29, 1.82) is 0 Å². The fraction of sp³-hybridized carbons (Fsp3) is 0.733. The minimum absolute atomic E-state index is 0.197. The first kappa shape index (κ1) is 19.9. The van der Waals surface area contributed by atoms with E-state index in [2.05, 4.69) is 39.4 Å². The van der Waals surface area contributed by atoms with Crippen LogP contribution in [-0.4, -0.2) is 61.3 Å². The molecule has 1 aliphatic rings. The van der Waals surface area contributed by atoms with Gasteiger partial charge in [0.05, 0.1) is 19.8 Å². The highest BCUT2D eigenvalue weighted by Gasteiger charge is 2.33. The van der Waals surface area contributed by atoms with Crippen molar-refractivity contribution < 1.29 is 17.9 Å². The Balaban J connectivity index is 1.79.